The first-order valence-corrected chi connectivity index (χ1v) is 8.93. The molecule has 2 N–H and O–H groups in total. The number of para-hydroxylation sites is 1. The summed E-state index contributed by atoms with van der Waals surface area (Å²) >= 11 is 6.24. The van der Waals surface area contributed by atoms with E-state index in [1.807, 2.05) is 42.5 Å². The van der Waals surface area contributed by atoms with Crippen LogP contribution in [0.15, 0.2) is 54.7 Å². The fraction of sp³-hybridized carbons (Fsp3) is 0.250. The van der Waals surface area contributed by atoms with E-state index in [1.165, 1.54) is 0 Å². The highest BCUT2D eigenvalue weighted by Crippen LogP contribution is 2.36. The fourth-order valence-corrected chi connectivity index (χ4v) is 3.67. The molecule has 0 radical (unpaired) electrons. The molecule has 25 heavy (non-hydrogen) atoms. The number of halogens is 1. The molecular weight excluding hydrogens is 334 g/mol. The maximum absolute atomic E-state index is 10.4. The van der Waals surface area contributed by atoms with Crippen LogP contribution in [0.2, 0.25) is 5.02 Å². The van der Waals surface area contributed by atoms with E-state index in [0.29, 0.717) is 11.8 Å². The second-order valence-corrected chi connectivity index (χ2v) is 6.80. The first kappa shape index (κ1) is 16.0. The zero-order chi connectivity index (χ0) is 17.2. The summed E-state index contributed by atoms with van der Waals surface area (Å²) in [7, 11) is 0. The number of anilines is 2. The van der Waals surface area contributed by atoms with Crippen LogP contribution < -0.4 is 10.2 Å². The van der Waals surface area contributed by atoms with Crippen molar-refractivity contribution in [2.45, 2.75) is 18.9 Å². The summed E-state index contributed by atoms with van der Waals surface area (Å²) in [4.78, 5) is 6.71. The van der Waals surface area contributed by atoms with E-state index in [9.17, 15) is 5.11 Å². The molecule has 2 aromatic carbocycles. The van der Waals surface area contributed by atoms with Crippen molar-refractivity contribution in [2.75, 3.05) is 23.3 Å². The van der Waals surface area contributed by atoms with Crippen LogP contribution in [-0.2, 0) is 0 Å². The molecular formula is C20H20ClN3O. The molecule has 0 atom stereocenters. The van der Waals surface area contributed by atoms with Gasteiger partial charge in [-0.2, -0.15) is 0 Å². The summed E-state index contributed by atoms with van der Waals surface area (Å²) in [5.41, 5.74) is 2.69. The van der Waals surface area contributed by atoms with Gasteiger partial charge in [-0.15, -0.1) is 0 Å². The third-order valence-corrected chi connectivity index (χ3v) is 5.10. The van der Waals surface area contributed by atoms with Crippen molar-refractivity contribution in [1.29, 1.82) is 0 Å². The normalized spacial score (nSPS) is 15.5. The van der Waals surface area contributed by atoms with Crippen LogP contribution in [0, 0.1) is 0 Å². The van der Waals surface area contributed by atoms with Gasteiger partial charge in [0, 0.05) is 30.7 Å². The first-order valence-electron chi connectivity index (χ1n) is 8.55. The van der Waals surface area contributed by atoms with Crippen LogP contribution in [-0.4, -0.2) is 29.2 Å². The summed E-state index contributed by atoms with van der Waals surface area (Å²) < 4.78 is 0. The van der Waals surface area contributed by atoms with Crippen molar-refractivity contribution >= 4 is 33.9 Å². The lowest BCUT2D eigenvalue weighted by Crippen LogP contribution is -2.39. The van der Waals surface area contributed by atoms with Crippen molar-refractivity contribution in [3.05, 3.63) is 59.8 Å². The Morgan fingerprint density at radius 1 is 1.04 bits per heavy atom. The third kappa shape index (κ3) is 3.22. The number of phenolic OH excluding ortho intramolecular Hbond substituents is 1. The smallest absolute Gasteiger partial charge is 0.141 e. The predicted molar refractivity (Wildman–Crippen MR) is 104 cm³/mol. The number of rotatable bonds is 3. The molecule has 0 aliphatic carbocycles. The topological polar surface area (TPSA) is 48.4 Å². The summed E-state index contributed by atoms with van der Waals surface area (Å²) in [5.74, 6) is 0.295. The molecule has 128 valence electrons. The minimum atomic E-state index is 0.295. The molecule has 3 aromatic rings. The van der Waals surface area contributed by atoms with Crippen molar-refractivity contribution in [2.24, 2.45) is 0 Å². The molecule has 0 saturated carbocycles. The minimum absolute atomic E-state index is 0.295. The Balaban J connectivity index is 1.51. The quantitative estimate of drug-likeness (QED) is 0.718. The van der Waals surface area contributed by atoms with Gasteiger partial charge in [-0.3, -0.25) is 4.98 Å². The fourth-order valence-electron chi connectivity index (χ4n) is 3.48. The number of hydrogen-bond acceptors (Lipinski definition) is 4. The van der Waals surface area contributed by atoms with Crippen molar-refractivity contribution < 1.29 is 5.11 Å². The molecule has 1 aromatic heterocycles. The Hall–Kier alpha value is -2.46. The number of pyridine rings is 1. The average Bonchev–Trinajstić information content (AvgIpc) is 2.64. The highest BCUT2D eigenvalue weighted by molar-refractivity contribution is 6.33. The number of aromatic nitrogens is 1. The van der Waals surface area contributed by atoms with E-state index < -0.39 is 0 Å². The van der Waals surface area contributed by atoms with Crippen LogP contribution in [0.25, 0.3) is 10.9 Å². The largest absolute Gasteiger partial charge is 0.506 e. The van der Waals surface area contributed by atoms with Gasteiger partial charge in [-0.25, -0.2) is 0 Å². The van der Waals surface area contributed by atoms with E-state index in [-0.39, 0.29) is 0 Å². The second-order valence-electron chi connectivity index (χ2n) is 6.39. The predicted octanol–water partition coefficient (Wildman–Crippen LogP) is 4.67. The number of hydrogen-bond donors (Lipinski definition) is 2. The van der Waals surface area contributed by atoms with E-state index in [0.717, 1.165) is 53.2 Å². The molecule has 5 heteroatoms. The molecule has 0 spiro atoms. The molecule has 2 heterocycles. The van der Waals surface area contributed by atoms with Gasteiger partial charge in [0.15, 0.2) is 0 Å². The summed E-state index contributed by atoms with van der Waals surface area (Å²) in [6.45, 7) is 1.73. The summed E-state index contributed by atoms with van der Waals surface area (Å²) in [5, 5.41) is 15.7. The van der Waals surface area contributed by atoms with Gasteiger partial charge in [0.2, 0.25) is 0 Å². The highest BCUT2D eigenvalue weighted by Gasteiger charge is 2.23. The number of phenols is 1. The van der Waals surface area contributed by atoms with Crippen LogP contribution in [0.3, 0.4) is 0 Å². The maximum atomic E-state index is 10.4. The molecule has 0 amide bonds. The Bertz CT molecular complexity index is 891. The van der Waals surface area contributed by atoms with Crippen LogP contribution in [0.4, 0.5) is 11.4 Å². The maximum Gasteiger partial charge on any atom is 0.141 e. The van der Waals surface area contributed by atoms with E-state index >= 15 is 0 Å². The Labute approximate surface area is 152 Å². The SMILES string of the molecule is Oc1ccc2cccnc2c1N1CCC(Nc2ccccc2Cl)CC1. The van der Waals surface area contributed by atoms with Gasteiger partial charge in [0.25, 0.3) is 0 Å². The number of nitrogens with zero attached hydrogens (tertiary/aromatic N) is 2. The molecule has 4 rings (SSSR count). The van der Waals surface area contributed by atoms with Crippen LogP contribution >= 0.6 is 11.6 Å². The van der Waals surface area contributed by atoms with Gasteiger partial charge >= 0.3 is 0 Å². The van der Waals surface area contributed by atoms with E-state index in [2.05, 4.69) is 15.2 Å². The number of fused-ring (bicyclic) bond motifs is 1. The lowest BCUT2D eigenvalue weighted by molar-refractivity contribution is 0.466. The Morgan fingerprint density at radius 3 is 2.64 bits per heavy atom. The number of piperidine rings is 1. The van der Waals surface area contributed by atoms with Crippen molar-refractivity contribution in [1.82, 2.24) is 4.98 Å². The van der Waals surface area contributed by atoms with Gasteiger partial charge in [0.05, 0.1) is 16.2 Å². The van der Waals surface area contributed by atoms with Gasteiger partial charge in [0.1, 0.15) is 11.4 Å². The summed E-state index contributed by atoms with van der Waals surface area (Å²) in [6.07, 6.45) is 3.73. The molecule has 4 nitrogen and oxygen atoms in total. The van der Waals surface area contributed by atoms with Gasteiger partial charge in [-0.1, -0.05) is 29.8 Å². The second kappa shape index (κ2) is 6.81. The standard InChI is InChI=1S/C20H20ClN3O/c21-16-5-1-2-6-17(16)23-15-9-12-24(13-10-15)20-18(25)8-7-14-4-3-11-22-19(14)20/h1-8,11,15,23,25H,9-10,12-13H2. The van der Waals surface area contributed by atoms with Gasteiger partial charge < -0.3 is 15.3 Å². The molecule has 0 bridgehead atoms. The molecule has 1 saturated heterocycles. The average molecular weight is 354 g/mol. The van der Waals surface area contributed by atoms with Crippen LogP contribution in [0.1, 0.15) is 12.8 Å². The molecule has 1 aliphatic rings. The number of nitrogens with one attached hydrogen (secondary N) is 1. The summed E-state index contributed by atoms with van der Waals surface area (Å²) in [6, 6.07) is 15.8. The molecule has 1 fully saturated rings. The minimum Gasteiger partial charge on any atom is -0.506 e. The monoisotopic (exact) mass is 353 g/mol. The first-order chi connectivity index (χ1) is 12.2. The lowest BCUT2D eigenvalue weighted by atomic mass is 10.0. The van der Waals surface area contributed by atoms with Crippen molar-refractivity contribution in [3.8, 4) is 5.75 Å². The van der Waals surface area contributed by atoms with Crippen LogP contribution in [0.5, 0.6) is 5.75 Å². The highest BCUT2D eigenvalue weighted by atomic mass is 35.5. The van der Waals surface area contributed by atoms with E-state index in [4.69, 9.17) is 11.6 Å². The molecule has 1 aliphatic heterocycles. The Kier molecular flexibility index (Phi) is 4.36. The molecule has 0 unspecified atom stereocenters. The lowest BCUT2D eigenvalue weighted by Gasteiger charge is -2.35. The van der Waals surface area contributed by atoms with E-state index in [1.54, 1.807) is 12.3 Å². The zero-order valence-corrected chi connectivity index (χ0v) is 14.6. The third-order valence-electron chi connectivity index (χ3n) is 4.77. The Morgan fingerprint density at radius 2 is 1.84 bits per heavy atom. The zero-order valence-electron chi connectivity index (χ0n) is 13.8. The number of aromatic hydroxyl groups is 1. The van der Waals surface area contributed by atoms with Crippen molar-refractivity contribution in [3.63, 3.8) is 0 Å². The van der Waals surface area contributed by atoms with Gasteiger partial charge in [-0.05, 0) is 43.2 Å². The number of benzene rings is 2.